The third kappa shape index (κ3) is 3.56. The van der Waals surface area contributed by atoms with E-state index in [9.17, 15) is 8.42 Å². The fourth-order valence-electron chi connectivity index (χ4n) is 1.72. The Morgan fingerprint density at radius 1 is 0.895 bits per heavy atom. The van der Waals surface area contributed by atoms with Crippen LogP contribution in [0.5, 0.6) is 0 Å². The number of hydrogen-bond donors (Lipinski definition) is 1. The van der Waals surface area contributed by atoms with Crippen molar-refractivity contribution in [2.24, 2.45) is 5.73 Å². The minimum absolute atomic E-state index is 0.0283. The van der Waals surface area contributed by atoms with Crippen molar-refractivity contribution in [1.82, 2.24) is 0 Å². The smallest absolute Gasteiger partial charge is 0.182 e. The van der Waals surface area contributed by atoms with Crippen LogP contribution >= 0.6 is 11.6 Å². The van der Waals surface area contributed by atoms with Gasteiger partial charge in [-0.2, -0.15) is 0 Å². The van der Waals surface area contributed by atoms with E-state index in [1.165, 1.54) is 12.1 Å². The zero-order chi connectivity index (χ0) is 13.9. The number of benzene rings is 2. The summed E-state index contributed by atoms with van der Waals surface area (Å²) in [6.45, 7) is 0.449. The van der Waals surface area contributed by atoms with E-state index in [1.54, 1.807) is 24.3 Å². The summed E-state index contributed by atoms with van der Waals surface area (Å²) in [6.07, 6.45) is 0. The molecule has 0 fully saturated rings. The zero-order valence-corrected chi connectivity index (χ0v) is 11.8. The van der Waals surface area contributed by atoms with Gasteiger partial charge in [0.2, 0.25) is 0 Å². The van der Waals surface area contributed by atoms with E-state index < -0.39 is 9.84 Å². The van der Waals surface area contributed by atoms with Gasteiger partial charge < -0.3 is 5.73 Å². The Morgan fingerprint density at radius 2 is 1.42 bits per heavy atom. The molecule has 0 saturated heterocycles. The topological polar surface area (TPSA) is 60.2 Å². The highest BCUT2D eigenvalue weighted by Gasteiger charge is 2.15. The van der Waals surface area contributed by atoms with Crippen molar-refractivity contribution in [2.75, 3.05) is 0 Å². The van der Waals surface area contributed by atoms with Gasteiger partial charge in [-0.25, -0.2) is 8.42 Å². The van der Waals surface area contributed by atoms with Crippen LogP contribution in [0.3, 0.4) is 0 Å². The van der Waals surface area contributed by atoms with E-state index in [1.807, 2.05) is 12.1 Å². The third-order valence-electron chi connectivity index (χ3n) is 2.79. The fraction of sp³-hybridized carbons (Fsp3) is 0.143. The van der Waals surface area contributed by atoms with Crippen LogP contribution in [0.4, 0.5) is 0 Å². The summed E-state index contributed by atoms with van der Waals surface area (Å²) in [5.41, 5.74) is 7.22. The van der Waals surface area contributed by atoms with Gasteiger partial charge >= 0.3 is 0 Å². The first kappa shape index (κ1) is 14.1. The van der Waals surface area contributed by atoms with E-state index in [0.717, 1.165) is 11.1 Å². The quantitative estimate of drug-likeness (QED) is 0.943. The van der Waals surface area contributed by atoms with E-state index in [2.05, 4.69) is 0 Å². The summed E-state index contributed by atoms with van der Waals surface area (Å²) in [5, 5.41) is 0.520. The second-order valence-corrected chi connectivity index (χ2v) is 6.66. The van der Waals surface area contributed by atoms with E-state index in [0.29, 0.717) is 11.6 Å². The number of halogens is 1. The predicted molar refractivity (Wildman–Crippen MR) is 76.7 cm³/mol. The lowest BCUT2D eigenvalue weighted by molar-refractivity contribution is 0.595. The van der Waals surface area contributed by atoms with Gasteiger partial charge in [0, 0.05) is 11.6 Å². The molecule has 2 aromatic rings. The van der Waals surface area contributed by atoms with Gasteiger partial charge in [0.15, 0.2) is 9.84 Å². The molecule has 0 aliphatic carbocycles. The van der Waals surface area contributed by atoms with Gasteiger partial charge in [-0.3, -0.25) is 0 Å². The van der Waals surface area contributed by atoms with Gasteiger partial charge in [0.05, 0.1) is 10.6 Å². The maximum atomic E-state index is 12.2. The van der Waals surface area contributed by atoms with Gasteiger partial charge in [-0.15, -0.1) is 0 Å². The van der Waals surface area contributed by atoms with Gasteiger partial charge in [-0.1, -0.05) is 35.9 Å². The maximum Gasteiger partial charge on any atom is 0.182 e. The van der Waals surface area contributed by atoms with Crippen LogP contribution in [0.1, 0.15) is 11.1 Å². The van der Waals surface area contributed by atoms with Crippen molar-refractivity contribution in [3.8, 4) is 0 Å². The summed E-state index contributed by atoms with van der Waals surface area (Å²) < 4.78 is 24.4. The second-order valence-electron chi connectivity index (χ2n) is 4.23. The molecule has 0 aliphatic rings. The van der Waals surface area contributed by atoms with Crippen molar-refractivity contribution < 1.29 is 8.42 Å². The summed E-state index contributed by atoms with van der Waals surface area (Å²) in [5.74, 6) is -0.0283. The molecule has 0 heterocycles. The lowest BCUT2D eigenvalue weighted by Crippen LogP contribution is -2.05. The normalized spacial score (nSPS) is 11.5. The number of rotatable bonds is 4. The standard InChI is InChI=1S/C14H14ClNO2S/c15-13-5-7-14(8-6-13)19(17,18)10-12-3-1-11(9-16)2-4-12/h1-8H,9-10,16H2. The molecule has 2 rings (SSSR count). The Kier molecular flexibility index (Phi) is 4.24. The van der Waals surface area contributed by atoms with Crippen molar-refractivity contribution >= 4 is 21.4 Å². The number of hydrogen-bond acceptors (Lipinski definition) is 3. The van der Waals surface area contributed by atoms with Crippen LogP contribution in [-0.2, 0) is 22.1 Å². The summed E-state index contributed by atoms with van der Waals surface area (Å²) in [4.78, 5) is 0.278. The van der Waals surface area contributed by atoms with E-state index >= 15 is 0 Å². The molecule has 0 amide bonds. The molecule has 3 nitrogen and oxygen atoms in total. The van der Waals surface area contributed by atoms with Crippen LogP contribution in [-0.4, -0.2) is 8.42 Å². The highest BCUT2D eigenvalue weighted by atomic mass is 35.5. The molecule has 0 radical (unpaired) electrons. The summed E-state index contributed by atoms with van der Waals surface area (Å²) in [6, 6.07) is 13.4. The molecule has 0 spiro atoms. The molecule has 19 heavy (non-hydrogen) atoms. The molecule has 0 bridgehead atoms. The average Bonchev–Trinajstić information content (AvgIpc) is 2.40. The first-order chi connectivity index (χ1) is 9.01. The molecular weight excluding hydrogens is 282 g/mol. The molecule has 100 valence electrons. The second kappa shape index (κ2) is 5.74. The molecule has 0 saturated carbocycles. The fourth-order valence-corrected chi connectivity index (χ4v) is 3.19. The van der Waals surface area contributed by atoms with Crippen molar-refractivity contribution in [3.05, 3.63) is 64.7 Å². The number of nitrogens with two attached hydrogens (primary N) is 1. The molecule has 0 atom stereocenters. The van der Waals surface area contributed by atoms with Gasteiger partial charge in [-0.05, 0) is 35.4 Å². The Labute approximate surface area is 117 Å². The van der Waals surface area contributed by atoms with Crippen LogP contribution in [0, 0.1) is 0 Å². The molecular formula is C14H14ClNO2S. The lowest BCUT2D eigenvalue weighted by atomic mass is 10.1. The molecule has 0 aromatic heterocycles. The van der Waals surface area contributed by atoms with Crippen LogP contribution in [0.25, 0.3) is 0 Å². The third-order valence-corrected chi connectivity index (χ3v) is 4.74. The molecule has 2 aromatic carbocycles. The highest BCUT2D eigenvalue weighted by Crippen LogP contribution is 2.19. The Balaban J connectivity index is 2.23. The minimum atomic E-state index is -3.34. The summed E-state index contributed by atoms with van der Waals surface area (Å²) >= 11 is 5.75. The maximum absolute atomic E-state index is 12.2. The predicted octanol–water partition coefficient (Wildman–Crippen LogP) is 2.77. The van der Waals surface area contributed by atoms with Crippen LogP contribution in [0.2, 0.25) is 5.02 Å². The van der Waals surface area contributed by atoms with Gasteiger partial charge in [0.25, 0.3) is 0 Å². The monoisotopic (exact) mass is 295 g/mol. The lowest BCUT2D eigenvalue weighted by Gasteiger charge is -2.05. The molecule has 2 N–H and O–H groups in total. The Morgan fingerprint density at radius 3 is 1.95 bits per heavy atom. The largest absolute Gasteiger partial charge is 0.326 e. The summed E-state index contributed by atoms with van der Waals surface area (Å²) in [7, 11) is -3.34. The Bertz CT molecular complexity index is 649. The minimum Gasteiger partial charge on any atom is -0.326 e. The van der Waals surface area contributed by atoms with E-state index in [4.69, 9.17) is 17.3 Å². The van der Waals surface area contributed by atoms with E-state index in [-0.39, 0.29) is 10.6 Å². The SMILES string of the molecule is NCc1ccc(CS(=O)(=O)c2ccc(Cl)cc2)cc1. The van der Waals surface area contributed by atoms with Crippen molar-refractivity contribution in [2.45, 2.75) is 17.2 Å². The van der Waals surface area contributed by atoms with Crippen LogP contribution in [0.15, 0.2) is 53.4 Å². The molecule has 0 unspecified atom stereocenters. The van der Waals surface area contributed by atoms with Crippen molar-refractivity contribution in [3.63, 3.8) is 0 Å². The number of sulfone groups is 1. The average molecular weight is 296 g/mol. The first-order valence-electron chi connectivity index (χ1n) is 5.77. The Hall–Kier alpha value is -1.36. The first-order valence-corrected chi connectivity index (χ1v) is 7.80. The van der Waals surface area contributed by atoms with Gasteiger partial charge in [0.1, 0.15) is 0 Å². The van der Waals surface area contributed by atoms with Crippen LogP contribution < -0.4 is 5.73 Å². The van der Waals surface area contributed by atoms with Crippen molar-refractivity contribution in [1.29, 1.82) is 0 Å². The highest BCUT2D eigenvalue weighted by molar-refractivity contribution is 7.90. The molecule has 5 heteroatoms. The zero-order valence-electron chi connectivity index (χ0n) is 10.2. The molecule has 0 aliphatic heterocycles.